The number of rotatable bonds is 4. The molecule has 2 rings (SSSR count). The molecular weight excluding hydrogens is 232 g/mol. The molecule has 0 bridgehead atoms. The number of aliphatic hydroxyl groups is 1. The Bertz CT molecular complexity index is 388. The molecular formula is C12H20N4O2. The van der Waals surface area contributed by atoms with Gasteiger partial charge in [-0.1, -0.05) is 0 Å². The first-order valence-corrected chi connectivity index (χ1v) is 6.11. The van der Waals surface area contributed by atoms with E-state index in [-0.39, 0.29) is 18.8 Å². The molecule has 2 atom stereocenters. The van der Waals surface area contributed by atoms with Crippen LogP contribution in [0.15, 0.2) is 18.3 Å². The number of hydrazine groups is 1. The maximum Gasteiger partial charge on any atom is 0.0936 e. The van der Waals surface area contributed by atoms with Crippen LogP contribution >= 0.6 is 0 Å². The molecule has 18 heavy (non-hydrogen) atoms. The first-order valence-electron chi connectivity index (χ1n) is 6.11. The minimum Gasteiger partial charge on any atom is -0.394 e. The molecule has 2 heterocycles. The van der Waals surface area contributed by atoms with Crippen LogP contribution < -0.4 is 11.3 Å². The van der Waals surface area contributed by atoms with Crippen molar-refractivity contribution in [2.24, 2.45) is 5.84 Å². The average Bonchev–Trinajstić information content (AvgIpc) is 2.38. The predicted octanol–water partition coefficient (Wildman–Crippen LogP) is -0.0512. The van der Waals surface area contributed by atoms with Crippen molar-refractivity contribution in [1.82, 2.24) is 9.88 Å². The monoisotopic (exact) mass is 252 g/mol. The molecule has 0 saturated carbocycles. The Kier molecular flexibility index (Phi) is 4.48. The van der Waals surface area contributed by atoms with Gasteiger partial charge in [0.2, 0.25) is 0 Å². The summed E-state index contributed by atoms with van der Waals surface area (Å²) in [5, 5.41) is 9.18. The third-order valence-corrected chi connectivity index (χ3v) is 2.97. The third-order valence-electron chi connectivity index (χ3n) is 2.97. The maximum atomic E-state index is 9.18. The van der Waals surface area contributed by atoms with Crippen LogP contribution in [-0.2, 0) is 11.3 Å². The number of nitrogens with one attached hydrogen (secondary N) is 1. The standard InChI is InChI=1S/C12H20N4O2/c1-9-5-16(7-12(8-17)18-9)6-11-4-10(15-13)2-3-14-11/h2-4,9,12,17H,5-8,13H2,1H3,(H,14,15). The number of anilines is 1. The summed E-state index contributed by atoms with van der Waals surface area (Å²) in [5.41, 5.74) is 4.41. The largest absolute Gasteiger partial charge is 0.394 e. The SMILES string of the molecule is CC1CN(Cc2cc(NN)ccn2)CC(CO)O1. The Morgan fingerprint density at radius 3 is 3.17 bits per heavy atom. The summed E-state index contributed by atoms with van der Waals surface area (Å²) >= 11 is 0. The van der Waals surface area contributed by atoms with E-state index in [9.17, 15) is 5.11 Å². The van der Waals surface area contributed by atoms with Crippen LogP contribution in [0.4, 0.5) is 5.69 Å². The Hall–Kier alpha value is -1.21. The molecule has 0 aromatic carbocycles. The van der Waals surface area contributed by atoms with Gasteiger partial charge in [0, 0.05) is 25.8 Å². The number of nitrogens with two attached hydrogens (primary N) is 1. The van der Waals surface area contributed by atoms with Gasteiger partial charge < -0.3 is 15.3 Å². The van der Waals surface area contributed by atoms with Crippen molar-refractivity contribution in [1.29, 1.82) is 0 Å². The van der Waals surface area contributed by atoms with Gasteiger partial charge in [-0.25, -0.2) is 0 Å². The first-order chi connectivity index (χ1) is 8.71. The topological polar surface area (TPSA) is 83.6 Å². The molecule has 1 fully saturated rings. The molecule has 6 heteroatoms. The van der Waals surface area contributed by atoms with Gasteiger partial charge in [0.25, 0.3) is 0 Å². The molecule has 0 radical (unpaired) electrons. The van der Waals surface area contributed by atoms with E-state index < -0.39 is 0 Å². The lowest BCUT2D eigenvalue weighted by Crippen LogP contribution is -2.47. The molecule has 2 unspecified atom stereocenters. The highest BCUT2D eigenvalue weighted by molar-refractivity contribution is 5.41. The van der Waals surface area contributed by atoms with E-state index in [2.05, 4.69) is 15.3 Å². The molecule has 0 amide bonds. The Morgan fingerprint density at radius 1 is 1.61 bits per heavy atom. The second-order valence-electron chi connectivity index (χ2n) is 4.63. The number of hydrogen-bond acceptors (Lipinski definition) is 6. The number of aliphatic hydroxyl groups excluding tert-OH is 1. The van der Waals surface area contributed by atoms with Crippen LogP contribution in [0.3, 0.4) is 0 Å². The molecule has 1 aromatic rings. The summed E-state index contributed by atoms with van der Waals surface area (Å²) < 4.78 is 5.60. The van der Waals surface area contributed by atoms with Gasteiger partial charge >= 0.3 is 0 Å². The fraction of sp³-hybridized carbons (Fsp3) is 0.583. The van der Waals surface area contributed by atoms with Crippen molar-refractivity contribution in [3.8, 4) is 0 Å². The van der Waals surface area contributed by atoms with Gasteiger partial charge in [-0.3, -0.25) is 15.7 Å². The number of hydrogen-bond donors (Lipinski definition) is 3. The normalized spacial score (nSPS) is 25.1. The van der Waals surface area contributed by atoms with Crippen LogP contribution in [-0.4, -0.2) is 46.9 Å². The smallest absolute Gasteiger partial charge is 0.0936 e. The van der Waals surface area contributed by atoms with E-state index in [0.29, 0.717) is 0 Å². The molecule has 1 aliphatic heterocycles. The summed E-state index contributed by atoms with van der Waals surface area (Å²) in [4.78, 5) is 6.55. The van der Waals surface area contributed by atoms with Crippen molar-refractivity contribution in [2.45, 2.75) is 25.7 Å². The lowest BCUT2D eigenvalue weighted by Gasteiger charge is -2.35. The summed E-state index contributed by atoms with van der Waals surface area (Å²) in [6.07, 6.45) is 1.76. The molecule has 1 aliphatic rings. The predicted molar refractivity (Wildman–Crippen MR) is 68.7 cm³/mol. The van der Waals surface area contributed by atoms with Crippen molar-refractivity contribution >= 4 is 5.69 Å². The van der Waals surface area contributed by atoms with Gasteiger partial charge in [-0.15, -0.1) is 0 Å². The maximum absolute atomic E-state index is 9.18. The summed E-state index contributed by atoms with van der Waals surface area (Å²) in [7, 11) is 0. The zero-order valence-electron chi connectivity index (χ0n) is 10.5. The van der Waals surface area contributed by atoms with Crippen molar-refractivity contribution < 1.29 is 9.84 Å². The van der Waals surface area contributed by atoms with Gasteiger partial charge in [-0.05, 0) is 19.1 Å². The lowest BCUT2D eigenvalue weighted by molar-refractivity contribution is -0.0974. The van der Waals surface area contributed by atoms with Gasteiger partial charge in [0.15, 0.2) is 0 Å². The molecule has 0 spiro atoms. The molecule has 6 nitrogen and oxygen atoms in total. The van der Waals surface area contributed by atoms with Gasteiger partial charge in [0.1, 0.15) is 0 Å². The molecule has 100 valence electrons. The third kappa shape index (κ3) is 3.39. The minimum absolute atomic E-state index is 0.0542. The van der Waals surface area contributed by atoms with Crippen LogP contribution in [0, 0.1) is 0 Å². The van der Waals surface area contributed by atoms with Crippen LogP contribution in [0.1, 0.15) is 12.6 Å². The number of aromatic nitrogens is 1. The number of nitrogen functional groups attached to an aromatic ring is 1. The quantitative estimate of drug-likeness (QED) is 0.515. The van der Waals surface area contributed by atoms with E-state index in [4.69, 9.17) is 10.6 Å². The van der Waals surface area contributed by atoms with Gasteiger partial charge in [0.05, 0.1) is 30.2 Å². The first kappa shape index (κ1) is 13.2. The Labute approximate surface area is 107 Å². The van der Waals surface area contributed by atoms with E-state index in [1.165, 1.54) is 0 Å². The number of ether oxygens (including phenoxy) is 1. The second kappa shape index (κ2) is 6.10. The number of pyridine rings is 1. The Balaban J connectivity index is 1.99. The van der Waals surface area contributed by atoms with Crippen molar-refractivity contribution in [2.75, 3.05) is 25.1 Å². The fourth-order valence-electron chi connectivity index (χ4n) is 2.25. The van der Waals surface area contributed by atoms with Crippen LogP contribution in [0.2, 0.25) is 0 Å². The summed E-state index contributed by atoms with van der Waals surface area (Å²) in [6, 6.07) is 3.75. The molecule has 1 aromatic heterocycles. The van der Waals surface area contributed by atoms with Crippen molar-refractivity contribution in [3.63, 3.8) is 0 Å². The lowest BCUT2D eigenvalue weighted by atomic mass is 10.2. The molecule has 4 N–H and O–H groups in total. The molecule has 0 aliphatic carbocycles. The highest BCUT2D eigenvalue weighted by Gasteiger charge is 2.24. The fourth-order valence-corrected chi connectivity index (χ4v) is 2.25. The van der Waals surface area contributed by atoms with Crippen LogP contribution in [0.25, 0.3) is 0 Å². The van der Waals surface area contributed by atoms with E-state index >= 15 is 0 Å². The minimum atomic E-state index is -0.107. The zero-order chi connectivity index (χ0) is 13.0. The van der Waals surface area contributed by atoms with Crippen molar-refractivity contribution in [3.05, 3.63) is 24.0 Å². The Morgan fingerprint density at radius 2 is 2.44 bits per heavy atom. The highest BCUT2D eigenvalue weighted by atomic mass is 16.5. The summed E-state index contributed by atoms with van der Waals surface area (Å²) in [5.74, 6) is 5.37. The molecule has 1 saturated heterocycles. The number of nitrogens with zero attached hydrogens (tertiary/aromatic N) is 2. The van der Waals surface area contributed by atoms with E-state index in [1.54, 1.807) is 6.20 Å². The van der Waals surface area contributed by atoms with Crippen LogP contribution in [0.5, 0.6) is 0 Å². The average molecular weight is 252 g/mol. The zero-order valence-corrected chi connectivity index (χ0v) is 10.5. The van der Waals surface area contributed by atoms with E-state index in [0.717, 1.165) is 31.0 Å². The summed E-state index contributed by atoms with van der Waals surface area (Å²) in [6.45, 7) is 4.37. The number of morpholine rings is 1. The van der Waals surface area contributed by atoms with Gasteiger partial charge in [-0.2, -0.15) is 0 Å². The van der Waals surface area contributed by atoms with E-state index in [1.807, 2.05) is 19.1 Å². The second-order valence-corrected chi connectivity index (χ2v) is 4.63. The highest BCUT2D eigenvalue weighted by Crippen LogP contribution is 2.14.